The summed E-state index contributed by atoms with van der Waals surface area (Å²) in [7, 11) is 0. The quantitative estimate of drug-likeness (QED) is 0.370. The van der Waals surface area contributed by atoms with Crippen LogP contribution < -0.4 is 5.32 Å². The van der Waals surface area contributed by atoms with Crippen LogP contribution in [0.15, 0.2) is 0 Å². The fraction of sp³-hybridized carbons (Fsp3) is 0.857. The molecule has 0 heterocycles. The maximum Gasteiger partial charge on any atom is 0.217 e. The molecule has 1 aliphatic rings. The lowest BCUT2D eigenvalue weighted by atomic mass is 10.2. The van der Waals surface area contributed by atoms with Gasteiger partial charge in [0, 0.05) is 6.92 Å². The Balaban J connectivity index is 2.52. The van der Waals surface area contributed by atoms with Crippen LogP contribution in [0.5, 0.6) is 0 Å². The smallest absolute Gasteiger partial charge is 0.217 e. The van der Waals surface area contributed by atoms with Crippen LogP contribution in [0.1, 0.15) is 13.3 Å². The second-order valence-electron chi connectivity index (χ2n) is 3.09. The Morgan fingerprint density at radius 3 is 2.25 bits per heavy atom. The fourth-order valence-corrected chi connectivity index (χ4v) is 1.41. The van der Waals surface area contributed by atoms with Gasteiger partial charge in [-0.2, -0.15) is 0 Å². The lowest BCUT2D eigenvalue weighted by Crippen LogP contribution is -2.42. The second-order valence-corrected chi connectivity index (χ2v) is 3.09. The molecule has 0 aliphatic heterocycles. The summed E-state index contributed by atoms with van der Waals surface area (Å²) in [4.78, 5) is 10.6. The average molecular weight is 175 g/mol. The van der Waals surface area contributed by atoms with E-state index in [4.69, 9.17) is 10.2 Å². The van der Waals surface area contributed by atoms with E-state index in [-0.39, 0.29) is 12.3 Å². The largest absolute Gasteiger partial charge is 0.390 e. The number of nitrogens with one attached hydrogen (secondary N) is 1. The van der Waals surface area contributed by atoms with Crippen LogP contribution >= 0.6 is 0 Å². The van der Waals surface area contributed by atoms with Crippen molar-refractivity contribution in [2.75, 3.05) is 0 Å². The molecule has 1 aliphatic carbocycles. The molecule has 1 amide bonds. The lowest BCUT2D eigenvalue weighted by molar-refractivity contribution is -0.120. The Kier molecular flexibility index (Phi) is 2.66. The van der Waals surface area contributed by atoms with Crippen molar-refractivity contribution >= 4 is 5.91 Å². The first kappa shape index (κ1) is 9.44. The van der Waals surface area contributed by atoms with Crippen molar-refractivity contribution in [1.82, 2.24) is 5.32 Å². The summed E-state index contributed by atoms with van der Waals surface area (Å²) in [6.45, 7) is 1.32. The third-order valence-electron chi connectivity index (χ3n) is 2.04. The van der Waals surface area contributed by atoms with Gasteiger partial charge in [-0.15, -0.1) is 0 Å². The van der Waals surface area contributed by atoms with Crippen molar-refractivity contribution in [2.24, 2.45) is 0 Å². The zero-order valence-electron chi connectivity index (χ0n) is 6.77. The van der Waals surface area contributed by atoms with Crippen LogP contribution in [-0.2, 0) is 4.79 Å². The molecule has 0 spiro atoms. The minimum absolute atomic E-state index is 0.196. The fourth-order valence-electron chi connectivity index (χ4n) is 1.41. The van der Waals surface area contributed by atoms with Gasteiger partial charge in [0.15, 0.2) is 0 Å². The number of rotatable bonds is 1. The number of hydrogen-bond acceptors (Lipinski definition) is 4. The van der Waals surface area contributed by atoms with Crippen molar-refractivity contribution in [2.45, 2.75) is 37.7 Å². The van der Waals surface area contributed by atoms with Gasteiger partial charge in [0.05, 0.1) is 12.1 Å². The topological polar surface area (TPSA) is 89.8 Å². The number of hydrogen-bond donors (Lipinski definition) is 4. The summed E-state index contributed by atoms with van der Waals surface area (Å²) in [6, 6.07) is -0.535. The summed E-state index contributed by atoms with van der Waals surface area (Å²) in [6.07, 6.45) is -2.97. The molecule has 0 aromatic rings. The molecule has 0 radical (unpaired) electrons. The molecule has 0 aromatic heterocycles. The molecule has 0 bridgehead atoms. The number of aliphatic hydroxyl groups is 3. The summed E-state index contributed by atoms with van der Waals surface area (Å²) in [5.41, 5.74) is 0. The molecule has 1 rings (SSSR count). The number of carbonyl (C=O) groups excluding carboxylic acids is 1. The number of aliphatic hydroxyl groups excluding tert-OH is 3. The van der Waals surface area contributed by atoms with E-state index < -0.39 is 24.4 Å². The Bertz CT molecular complexity index is 184. The van der Waals surface area contributed by atoms with Gasteiger partial charge in [-0.3, -0.25) is 4.79 Å². The van der Waals surface area contributed by atoms with E-state index in [0.717, 1.165) is 0 Å². The first-order valence-electron chi connectivity index (χ1n) is 3.83. The molecule has 0 aromatic carbocycles. The number of carbonyl (C=O) groups is 1. The molecule has 4 N–H and O–H groups in total. The molecule has 5 nitrogen and oxygen atoms in total. The van der Waals surface area contributed by atoms with E-state index >= 15 is 0 Å². The molecular weight excluding hydrogens is 162 g/mol. The average Bonchev–Trinajstić information content (AvgIpc) is 2.17. The van der Waals surface area contributed by atoms with Crippen LogP contribution in [-0.4, -0.2) is 45.6 Å². The zero-order valence-corrected chi connectivity index (χ0v) is 6.77. The molecule has 4 atom stereocenters. The highest BCUT2D eigenvalue weighted by Crippen LogP contribution is 2.20. The third kappa shape index (κ3) is 1.74. The standard InChI is InChI=1S/C7H13NO4/c1-3(9)8-4-2-5(10)7(12)6(4)11/h4-7,10-12H,2H2,1H3,(H,8,9). The highest BCUT2D eigenvalue weighted by molar-refractivity contribution is 5.73. The van der Waals surface area contributed by atoms with Crippen LogP contribution in [0.2, 0.25) is 0 Å². The van der Waals surface area contributed by atoms with Crippen LogP contribution in [0.25, 0.3) is 0 Å². The molecule has 1 fully saturated rings. The summed E-state index contributed by atoms with van der Waals surface area (Å²) in [5, 5.41) is 29.9. The highest BCUT2D eigenvalue weighted by atomic mass is 16.4. The molecule has 4 unspecified atom stereocenters. The summed E-state index contributed by atoms with van der Waals surface area (Å²) < 4.78 is 0. The van der Waals surface area contributed by atoms with Gasteiger partial charge in [-0.25, -0.2) is 0 Å². The Morgan fingerprint density at radius 2 is 1.92 bits per heavy atom. The predicted octanol–water partition coefficient (Wildman–Crippen LogP) is -2.02. The van der Waals surface area contributed by atoms with E-state index in [9.17, 15) is 9.90 Å². The van der Waals surface area contributed by atoms with E-state index in [2.05, 4.69) is 5.32 Å². The van der Waals surface area contributed by atoms with E-state index in [1.807, 2.05) is 0 Å². The normalized spacial score (nSPS) is 41.3. The van der Waals surface area contributed by atoms with Gasteiger partial charge < -0.3 is 20.6 Å². The minimum Gasteiger partial charge on any atom is -0.390 e. The van der Waals surface area contributed by atoms with Gasteiger partial charge in [0.1, 0.15) is 12.2 Å². The predicted molar refractivity (Wildman–Crippen MR) is 40.2 cm³/mol. The first-order chi connectivity index (χ1) is 5.52. The minimum atomic E-state index is -1.15. The van der Waals surface area contributed by atoms with Crippen molar-refractivity contribution in [1.29, 1.82) is 0 Å². The SMILES string of the molecule is CC(=O)NC1CC(O)C(O)C1O. The van der Waals surface area contributed by atoms with Crippen LogP contribution in [0.3, 0.4) is 0 Å². The monoisotopic (exact) mass is 175 g/mol. The zero-order chi connectivity index (χ0) is 9.30. The summed E-state index contributed by atoms with van der Waals surface area (Å²) >= 11 is 0. The molecule has 0 saturated heterocycles. The number of amides is 1. The van der Waals surface area contributed by atoms with Gasteiger partial charge in [-0.1, -0.05) is 0 Å². The van der Waals surface area contributed by atoms with Gasteiger partial charge >= 0.3 is 0 Å². The second kappa shape index (κ2) is 3.38. The Morgan fingerprint density at radius 1 is 1.33 bits per heavy atom. The van der Waals surface area contributed by atoms with Gasteiger partial charge in [0.2, 0.25) is 5.91 Å². The van der Waals surface area contributed by atoms with E-state index in [1.54, 1.807) is 0 Å². The van der Waals surface area contributed by atoms with Crippen molar-refractivity contribution in [3.05, 3.63) is 0 Å². The molecule has 5 heteroatoms. The molecule has 1 saturated carbocycles. The summed E-state index contributed by atoms with van der Waals surface area (Å²) in [5.74, 6) is -0.277. The Labute approximate surface area is 70.0 Å². The van der Waals surface area contributed by atoms with Gasteiger partial charge in [-0.05, 0) is 6.42 Å². The van der Waals surface area contributed by atoms with Gasteiger partial charge in [0.25, 0.3) is 0 Å². The molecular formula is C7H13NO4. The maximum atomic E-state index is 10.6. The van der Waals surface area contributed by atoms with Crippen LogP contribution in [0, 0.1) is 0 Å². The van der Waals surface area contributed by atoms with E-state index in [0.29, 0.717) is 0 Å². The van der Waals surface area contributed by atoms with E-state index in [1.165, 1.54) is 6.92 Å². The van der Waals surface area contributed by atoms with Crippen LogP contribution in [0.4, 0.5) is 0 Å². The first-order valence-corrected chi connectivity index (χ1v) is 3.83. The van der Waals surface area contributed by atoms with Crippen molar-refractivity contribution < 1.29 is 20.1 Å². The lowest BCUT2D eigenvalue weighted by Gasteiger charge is -2.16. The molecule has 70 valence electrons. The maximum absolute atomic E-state index is 10.6. The third-order valence-corrected chi connectivity index (χ3v) is 2.04. The molecule has 12 heavy (non-hydrogen) atoms. The Hall–Kier alpha value is -0.650. The van der Waals surface area contributed by atoms with Crippen molar-refractivity contribution in [3.63, 3.8) is 0 Å². The van der Waals surface area contributed by atoms with Crippen molar-refractivity contribution in [3.8, 4) is 0 Å². The highest BCUT2D eigenvalue weighted by Gasteiger charge is 2.40.